The van der Waals surface area contributed by atoms with Crippen LogP contribution in [0, 0.1) is 5.82 Å². The topological polar surface area (TPSA) is 21.3 Å². The Morgan fingerprint density at radius 2 is 2.19 bits per heavy atom. The first-order valence-electron chi connectivity index (χ1n) is 7.06. The van der Waals surface area contributed by atoms with Crippen molar-refractivity contribution in [1.82, 2.24) is 5.32 Å². The summed E-state index contributed by atoms with van der Waals surface area (Å²) in [4.78, 5) is 0. The first-order valence-corrected chi connectivity index (χ1v) is 7.85. The average Bonchev–Trinajstić information content (AvgIpc) is 2.86. The van der Waals surface area contributed by atoms with E-state index in [4.69, 9.17) is 4.74 Å². The van der Waals surface area contributed by atoms with E-state index in [2.05, 4.69) is 40.3 Å². The molecule has 0 spiro atoms. The van der Waals surface area contributed by atoms with E-state index in [1.165, 1.54) is 11.6 Å². The van der Waals surface area contributed by atoms with Crippen LogP contribution in [-0.4, -0.2) is 12.6 Å². The molecule has 2 atom stereocenters. The molecule has 0 aliphatic carbocycles. The van der Waals surface area contributed by atoms with Crippen LogP contribution in [0.3, 0.4) is 0 Å². The van der Waals surface area contributed by atoms with Gasteiger partial charge in [-0.15, -0.1) is 0 Å². The van der Waals surface area contributed by atoms with Crippen LogP contribution in [0.2, 0.25) is 0 Å². The molecule has 2 aromatic rings. The van der Waals surface area contributed by atoms with E-state index in [1.54, 1.807) is 12.1 Å². The Morgan fingerprint density at radius 1 is 1.33 bits per heavy atom. The second-order valence-electron chi connectivity index (χ2n) is 5.38. The quantitative estimate of drug-likeness (QED) is 0.891. The maximum Gasteiger partial charge on any atom is 0.123 e. The third-order valence-corrected chi connectivity index (χ3v) is 4.26. The molecule has 1 N–H and O–H groups in total. The van der Waals surface area contributed by atoms with E-state index in [0.29, 0.717) is 0 Å². The van der Waals surface area contributed by atoms with Gasteiger partial charge in [0.25, 0.3) is 0 Å². The van der Waals surface area contributed by atoms with Gasteiger partial charge in [-0.3, -0.25) is 0 Å². The van der Waals surface area contributed by atoms with E-state index < -0.39 is 0 Å². The molecule has 21 heavy (non-hydrogen) atoms. The van der Waals surface area contributed by atoms with Crippen LogP contribution in [0.25, 0.3) is 0 Å². The molecule has 3 rings (SSSR count). The van der Waals surface area contributed by atoms with Crippen molar-refractivity contribution in [2.24, 2.45) is 0 Å². The van der Waals surface area contributed by atoms with Crippen LogP contribution in [0.15, 0.2) is 46.9 Å². The molecule has 4 heteroatoms. The Bertz CT molecular complexity index is 646. The SMILES string of the molecule is C[C@@H](NCC1Cc2cc(F)ccc2O1)c1cccc(Br)c1. The van der Waals surface area contributed by atoms with Gasteiger partial charge in [-0.2, -0.15) is 0 Å². The molecular formula is C17H17BrFNO. The summed E-state index contributed by atoms with van der Waals surface area (Å²) in [6.45, 7) is 2.87. The van der Waals surface area contributed by atoms with Crippen molar-refractivity contribution in [1.29, 1.82) is 0 Å². The number of hydrogen-bond acceptors (Lipinski definition) is 2. The minimum absolute atomic E-state index is 0.0661. The van der Waals surface area contributed by atoms with E-state index in [1.807, 2.05) is 12.1 Å². The van der Waals surface area contributed by atoms with Crippen molar-refractivity contribution in [2.75, 3.05) is 6.54 Å². The highest BCUT2D eigenvalue weighted by molar-refractivity contribution is 9.10. The highest BCUT2D eigenvalue weighted by atomic mass is 79.9. The molecule has 1 aliphatic rings. The molecule has 1 heterocycles. The lowest BCUT2D eigenvalue weighted by Gasteiger charge is -2.18. The fourth-order valence-corrected chi connectivity index (χ4v) is 3.02. The van der Waals surface area contributed by atoms with E-state index >= 15 is 0 Å². The van der Waals surface area contributed by atoms with Gasteiger partial charge < -0.3 is 10.1 Å². The second kappa shape index (κ2) is 6.16. The molecule has 0 bridgehead atoms. The van der Waals surface area contributed by atoms with Gasteiger partial charge in [0.15, 0.2) is 0 Å². The number of ether oxygens (including phenoxy) is 1. The Balaban J connectivity index is 1.57. The number of fused-ring (bicyclic) bond motifs is 1. The standard InChI is InChI=1S/C17H17BrFNO/c1-11(12-3-2-4-14(18)7-12)20-10-16-9-13-8-15(19)5-6-17(13)21-16/h2-8,11,16,20H,9-10H2,1H3/t11-,16?/m1/s1. The molecule has 0 saturated heterocycles. The summed E-state index contributed by atoms with van der Waals surface area (Å²) >= 11 is 3.49. The Labute approximate surface area is 132 Å². The van der Waals surface area contributed by atoms with Crippen molar-refractivity contribution < 1.29 is 9.13 Å². The normalized spacial score (nSPS) is 18.1. The highest BCUT2D eigenvalue weighted by Crippen LogP contribution is 2.29. The van der Waals surface area contributed by atoms with Crippen LogP contribution >= 0.6 is 15.9 Å². The fraction of sp³-hybridized carbons (Fsp3) is 0.294. The number of benzene rings is 2. The maximum absolute atomic E-state index is 13.2. The molecule has 1 unspecified atom stereocenters. The van der Waals surface area contributed by atoms with Crippen LogP contribution in [0.5, 0.6) is 5.75 Å². The van der Waals surface area contributed by atoms with Crippen LogP contribution in [0.1, 0.15) is 24.1 Å². The van der Waals surface area contributed by atoms with E-state index in [0.717, 1.165) is 28.8 Å². The third-order valence-electron chi connectivity index (χ3n) is 3.76. The van der Waals surface area contributed by atoms with Gasteiger partial charge in [0.1, 0.15) is 17.7 Å². The van der Waals surface area contributed by atoms with Gasteiger partial charge >= 0.3 is 0 Å². The molecule has 2 aromatic carbocycles. The predicted octanol–water partition coefficient (Wildman–Crippen LogP) is 4.24. The number of hydrogen-bond donors (Lipinski definition) is 1. The van der Waals surface area contributed by atoms with Gasteiger partial charge in [-0.05, 0) is 42.8 Å². The lowest BCUT2D eigenvalue weighted by molar-refractivity contribution is 0.222. The zero-order chi connectivity index (χ0) is 14.8. The molecule has 0 fully saturated rings. The molecule has 0 amide bonds. The Morgan fingerprint density at radius 3 is 3.00 bits per heavy atom. The summed E-state index contributed by atoms with van der Waals surface area (Å²) < 4.78 is 20.1. The minimum Gasteiger partial charge on any atom is -0.488 e. The number of rotatable bonds is 4. The van der Waals surface area contributed by atoms with Gasteiger partial charge in [-0.1, -0.05) is 28.1 Å². The minimum atomic E-state index is -0.200. The first-order chi connectivity index (χ1) is 10.1. The van der Waals surface area contributed by atoms with Crippen LogP contribution in [-0.2, 0) is 6.42 Å². The Hall–Kier alpha value is -1.39. The summed E-state index contributed by atoms with van der Waals surface area (Å²) in [7, 11) is 0. The summed E-state index contributed by atoms with van der Waals surface area (Å²) in [5, 5.41) is 3.48. The zero-order valence-electron chi connectivity index (χ0n) is 11.8. The lowest BCUT2D eigenvalue weighted by atomic mass is 10.1. The lowest BCUT2D eigenvalue weighted by Crippen LogP contribution is -2.31. The first kappa shape index (κ1) is 14.5. The molecule has 1 aliphatic heterocycles. The molecule has 110 valence electrons. The van der Waals surface area contributed by atoms with Crippen molar-refractivity contribution >= 4 is 15.9 Å². The van der Waals surface area contributed by atoms with E-state index in [9.17, 15) is 4.39 Å². The number of nitrogens with one attached hydrogen (secondary N) is 1. The van der Waals surface area contributed by atoms with Crippen LogP contribution in [0.4, 0.5) is 4.39 Å². The Kier molecular flexibility index (Phi) is 4.27. The van der Waals surface area contributed by atoms with Crippen molar-refractivity contribution in [3.05, 3.63) is 63.9 Å². The van der Waals surface area contributed by atoms with Crippen molar-refractivity contribution in [2.45, 2.75) is 25.5 Å². The summed E-state index contributed by atoms with van der Waals surface area (Å²) in [5.41, 5.74) is 2.18. The summed E-state index contributed by atoms with van der Waals surface area (Å²) in [6, 6.07) is 13.2. The predicted molar refractivity (Wildman–Crippen MR) is 85.1 cm³/mol. The monoisotopic (exact) mass is 349 g/mol. The largest absolute Gasteiger partial charge is 0.488 e. The molecule has 0 saturated carbocycles. The molecule has 2 nitrogen and oxygen atoms in total. The molecular weight excluding hydrogens is 333 g/mol. The summed E-state index contributed by atoms with van der Waals surface area (Å²) in [6.07, 6.45) is 0.821. The van der Waals surface area contributed by atoms with Crippen molar-refractivity contribution in [3.63, 3.8) is 0 Å². The highest BCUT2D eigenvalue weighted by Gasteiger charge is 2.23. The molecule has 0 radical (unpaired) electrons. The smallest absolute Gasteiger partial charge is 0.123 e. The van der Waals surface area contributed by atoms with Gasteiger partial charge in [0, 0.05) is 29.0 Å². The van der Waals surface area contributed by atoms with Crippen molar-refractivity contribution in [3.8, 4) is 5.75 Å². The summed E-state index contributed by atoms with van der Waals surface area (Å²) in [5.74, 6) is 0.603. The average molecular weight is 350 g/mol. The maximum atomic E-state index is 13.2. The van der Waals surface area contributed by atoms with E-state index in [-0.39, 0.29) is 18.0 Å². The van der Waals surface area contributed by atoms with Gasteiger partial charge in [0.05, 0.1) is 0 Å². The van der Waals surface area contributed by atoms with Gasteiger partial charge in [-0.25, -0.2) is 4.39 Å². The number of halogens is 2. The second-order valence-corrected chi connectivity index (χ2v) is 6.30. The molecule has 0 aromatic heterocycles. The third kappa shape index (κ3) is 3.44. The zero-order valence-corrected chi connectivity index (χ0v) is 13.4. The van der Waals surface area contributed by atoms with Gasteiger partial charge in [0.2, 0.25) is 0 Å². The van der Waals surface area contributed by atoms with Crippen LogP contribution < -0.4 is 10.1 Å². The fourth-order valence-electron chi connectivity index (χ4n) is 2.60.